The maximum absolute atomic E-state index is 12.0. The zero-order chi connectivity index (χ0) is 49.5. The number of amides is 2. The fraction of sp³-hybridized carbons (Fsp3) is 0.684. The molecule has 0 aromatic heterocycles. The van der Waals surface area contributed by atoms with Gasteiger partial charge >= 0.3 is 59.5 Å². The van der Waals surface area contributed by atoms with E-state index < -0.39 is 68.0 Å². The predicted octanol–water partition coefficient (Wildman–Crippen LogP) is 5.58. The average molecular weight is 992 g/mol. The highest BCUT2D eigenvalue weighted by Crippen LogP contribution is 2.37. The molecule has 27 heteroatoms. The first-order valence-electron chi connectivity index (χ1n) is 20.2. The molecule has 0 aliphatic carbocycles. The molecule has 0 bridgehead atoms. The van der Waals surface area contributed by atoms with Crippen LogP contribution in [0.15, 0.2) is 18.2 Å². The molecule has 2 amide bonds. The van der Waals surface area contributed by atoms with Crippen LogP contribution in [0, 0.1) is 17.8 Å². The number of hydrogen-bond acceptors (Lipinski definition) is 19. The maximum Gasteiger partial charge on any atom is 0.747 e. The first kappa shape index (κ1) is 58.6. The van der Waals surface area contributed by atoms with Crippen LogP contribution in [0.5, 0.6) is 11.5 Å². The molecular formula is C38H62N2O22P3+. The van der Waals surface area contributed by atoms with E-state index in [1.54, 1.807) is 41.5 Å². The summed E-state index contributed by atoms with van der Waals surface area (Å²) in [4.78, 5) is 99.2. The van der Waals surface area contributed by atoms with Crippen molar-refractivity contribution in [1.82, 2.24) is 9.80 Å². The quantitative estimate of drug-likeness (QED) is 0.0659. The van der Waals surface area contributed by atoms with Gasteiger partial charge in [-0.05, 0) is 50.3 Å². The SMILES string of the molecule is CC(C)C(=O)OCC1CCCCN1C(=O)OCOP(C)(=O)O.CC(C)C(=O)OCC1CCCN1C(=O)OCOP(C)(=O)O.COc1cc(C(=O)OCOC(=O)C(C)C)ccc1O[P+](=O)O. The summed E-state index contributed by atoms with van der Waals surface area (Å²) in [5.74, 6) is -2.52. The molecule has 1 aromatic carbocycles. The van der Waals surface area contributed by atoms with Crippen LogP contribution in [0.3, 0.4) is 0 Å². The summed E-state index contributed by atoms with van der Waals surface area (Å²) in [6.45, 7) is 11.8. The minimum atomic E-state index is -3.68. The highest BCUT2D eigenvalue weighted by atomic mass is 31.2. The van der Waals surface area contributed by atoms with E-state index in [2.05, 4.69) is 13.6 Å². The van der Waals surface area contributed by atoms with E-state index in [0.29, 0.717) is 25.9 Å². The Morgan fingerprint density at radius 3 is 1.54 bits per heavy atom. The van der Waals surface area contributed by atoms with Gasteiger partial charge in [-0.3, -0.25) is 32.6 Å². The molecule has 1 aromatic rings. The lowest BCUT2D eigenvalue weighted by Gasteiger charge is -2.34. The Bertz CT molecular complexity index is 1830. The first-order chi connectivity index (χ1) is 30.3. The Morgan fingerprint density at radius 1 is 0.662 bits per heavy atom. The van der Waals surface area contributed by atoms with Gasteiger partial charge in [0.2, 0.25) is 26.1 Å². The number of carbonyl (C=O) groups excluding carboxylic acids is 6. The van der Waals surface area contributed by atoms with E-state index in [4.69, 9.17) is 47.8 Å². The van der Waals surface area contributed by atoms with Crippen LogP contribution >= 0.6 is 23.4 Å². The smallest absolute Gasteiger partial charge is 0.493 e. The fourth-order valence-corrected chi connectivity index (χ4v) is 6.03. The summed E-state index contributed by atoms with van der Waals surface area (Å²) >= 11 is 0. The number of likely N-dealkylation sites (tertiary alicyclic amines) is 2. The summed E-state index contributed by atoms with van der Waals surface area (Å²) < 4.78 is 80.5. The maximum atomic E-state index is 12.0. The Hall–Kier alpha value is -4.40. The van der Waals surface area contributed by atoms with E-state index >= 15 is 0 Å². The van der Waals surface area contributed by atoms with Crippen molar-refractivity contribution in [2.24, 2.45) is 17.8 Å². The highest BCUT2D eigenvalue weighted by Gasteiger charge is 2.32. The van der Waals surface area contributed by atoms with Crippen molar-refractivity contribution in [2.45, 2.75) is 85.7 Å². The second-order valence-electron chi connectivity index (χ2n) is 15.2. The molecule has 2 aliphatic rings. The molecule has 3 rings (SSSR count). The molecule has 2 aliphatic heterocycles. The lowest BCUT2D eigenvalue weighted by Crippen LogP contribution is -2.47. The van der Waals surface area contributed by atoms with Crippen molar-refractivity contribution in [2.75, 3.05) is 67.1 Å². The zero-order valence-electron chi connectivity index (χ0n) is 37.9. The molecule has 65 heavy (non-hydrogen) atoms. The summed E-state index contributed by atoms with van der Waals surface area (Å²) in [5, 5.41) is 0. The lowest BCUT2D eigenvalue weighted by atomic mass is 10.0. The standard InChI is InChI=1S/C13H24NO7P.C13H15O8P.C12H22NO7P/c1-10(2)12(15)19-8-11-6-4-5-7-14(11)13(16)20-9-21-22(3,17)18;1-8(2)12(14)19-7-20-13(15)9-4-5-10(21-22(16)17)11(6-9)18-3;1-9(2)11(14)18-7-10-5-4-6-13(10)12(15)19-8-20-21(3,16)17/h10-11H,4-9H2,1-3H3,(H,17,18);4-6,8H,7H2,1-3H3;9-10H,4-8H2,1-3H3,(H,16,17)/p+1. The number of rotatable bonds is 19. The number of esters is 4. The van der Waals surface area contributed by atoms with Crippen molar-refractivity contribution >= 4 is 59.5 Å². The fourth-order valence-electron chi connectivity index (χ4n) is 5.21. The monoisotopic (exact) mass is 991 g/mol. The Balaban J connectivity index is 0.000000488. The number of benzene rings is 1. The van der Waals surface area contributed by atoms with Gasteiger partial charge in [0.05, 0.1) is 42.5 Å². The van der Waals surface area contributed by atoms with Crippen molar-refractivity contribution < 1.29 is 104 Å². The molecule has 3 N–H and O–H groups in total. The molecule has 5 atom stereocenters. The van der Waals surface area contributed by atoms with E-state index in [-0.39, 0.29) is 72.1 Å². The summed E-state index contributed by atoms with van der Waals surface area (Å²) in [6.07, 6.45) is 2.69. The lowest BCUT2D eigenvalue weighted by molar-refractivity contribution is -0.156. The average Bonchev–Trinajstić information content (AvgIpc) is 3.70. The van der Waals surface area contributed by atoms with Gasteiger partial charge in [0.15, 0.2) is 5.75 Å². The van der Waals surface area contributed by atoms with Gasteiger partial charge in [0, 0.05) is 31.0 Å². The van der Waals surface area contributed by atoms with Crippen LogP contribution in [-0.2, 0) is 65.5 Å². The van der Waals surface area contributed by atoms with Gasteiger partial charge in [0.1, 0.15) is 13.2 Å². The number of nitrogens with zero attached hydrogens (tertiary/aromatic N) is 2. The van der Waals surface area contributed by atoms with Gasteiger partial charge in [-0.25, -0.2) is 18.9 Å². The van der Waals surface area contributed by atoms with Crippen LogP contribution in [0.4, 0.5) is 9.59 Å². The Labute approximate surface area is 378 Å². The van der Waals surface area contributed by atoms with E-state index in [1.807, 2.05) is 0 Å². The molecule has 0 spiro atoms. The van der Waals surface area contributed by atoms with Crippen molar-refractivity contribution in [3.05, 3.63) is 23.8 Å². The van der Waals surface area contributed by atoms with Crippen molar-refractivity contribution in [1.29, 1.82) is 0 Å². The van der Waals surface area contributed by atoms with Crippen LogP contribution < -0.4 is 9.26 Å². The largest absolute Gasteiger partial charge is 0.747 e. The van der Waals surface area contributed by atoms with Gasteiger partial charge in [0.25, 0.3) is 0 Å². The molecule has 2 fully saturated rings. The normalized spacial score (nSPS) is 17.7. The van der Waals surface area contributed by atoms with E-state index in [9.17, 15) is 42.5 Å². The van der Waals surface area contributed by atoms with Crippen LogP contribution in [-0.4, -0.2) is 140 Å². The molecule has 24 nitrogen and oxygen atoms in total. The minimum Gasteiger partial charge on any atom is -0.493 e. The zero-order valence-corrected chi connectivity index (χ0v) is 40.6. The third kappa shape index (κ3) is 24.6. The van der Waals surface area contributed by atoms with Gasteiger partial charge in [-0.2, -0.15) is 0 Å². The molecule has 5 unspecified atom stereocenters. The second-order valence-corrected chi connectivity index (χ2v) is 19.6. The minimum absolute atomic E-state index is 0.00824. The topological polar surface area (TPSA) is 313 Å². The van der Waals surface area contributed by atoms with Gasteiger partial charge in [-0.1, -0.05) is 41.5 Å². The first-order valence-corrected chi connectivity index (χ1v) is 25.4. The van der Waals surface area contributed by atoms with Gasteiger partial charge < -0.3 is 52.7 Å². The number of ether oxygens (including phenoxy) is 7. The highest BCUT2D eigenvalue weighted by molar-refractivity contribution is 7.52. The predicted molar refractivity (Wildman–Crippen MR) is 227 cm³/mol. The molecular weight excluding hydrogens is 929 g/mol. The number of hydrogen-bond donors (Lipinski definition) is 3. The molecule has 2 heterocycles. The van der Waals surface area contributed by atoms with Crippen molar-refractivity contribution in [3.63, 3.8) is 0 Å². The Kier molecular flexibility index (Phi) is 26.4. The van der Waals surface area contributed by atoms with Crippen molar-refractivity contribution in [3.8, 4) is 11.5 Å². The van der Waals surface area contributed by atoms with E-state index in [1.165, 1.54) is 35.1 Å². The van der Waals surface area contributed by atoms with Crippen LogP contribution in [0.1, 0.15) is 84.0 Å². The van der Waals surface area contributed by atoms with Crippen LogP contribution in [0.25, 0.3) is 0 Å². The van der Waals surface area contributed by atoms with E-state index in [0.717, 1.165) is 32.6 Å². The molecule has 2 saturated heterocycles. The number of carbonyl (C=O) groups is 6. The molecule has 370 valence electrons. The molecule has 0 saturated carbocycles. The second kappa shape index (κ2) is 29.3. The summed E-state index contributed by atoms with van der Waals surface area (Å²) in [5.41, 5.74) is 0.109. The number of methoxy groups -OCH3 is 1. The summed E-state index contributed by atoms with van der Waals surface area (Å²) in [7, 11) is -8.89. The van der Waals surface area contributed by atoms with Crippen LogP contribution in [0.2, 0.25) is 0 Å². The number of piperidine rings is 1. The third-order valence-electron chi connectivity index (χ3n) is 8.64. The summed E-state index contributed by atoms with van der Waals surface area (Å²) in [6, 6.07) is 3.41. The third-order valence-corrected chi connectivity index (χ3v) is 10.2. The molecule has 0 radical (unpaired) electrons. The Morgan fingerprint density at radius 2 is 1.11 bits per heavy atom. The van der Waals surface area contributed by atoms with Gasteiger partial charge in [-0.15, -0.1) is 4.89 Å².